The van der Waals surface area contributed by atoms with Crippen LogP contribution in [0.2, 0.25) is 0 Å². The normalized spacial score (nSPS) is 14.3. The first-order valence-electron chi connectivity index (χ1n) is 4.76. The number of methoxy groups -OCH3 is 1. The van der Waals surface area contributed by atoms with Crippen molar-refractivity contribution in [3.8, 4) is 0 Å². The minimum atomic E-state index is -0.869. The van der Waals surface area contributed by atoms with E-state index in [1.54, 1.807) is 6.92 Å². The van der Waals surface area contributed by atoms with Crippen LogP contribution in [0.25, 0.3) is 0 Å². The van der Waals surface area contributed by atoms with Gasteiger partial charge in [-0.2, -0.15) is 0 Å². The number of aliphatic carboxylic acids is 1. The Hall–Kier alpha value is -1.14. The van der Waals surface area contributed by atoms with Crippen LogP contribution in [0.15, 0.2) is 0 Å². The van der Waals surface area contributed by atoms with Gasteiger partial charge in [0.1, 0.15) is 6.10 Å². The molecule has 0 aromatic heterocycles. The Labute approximate surface area is 88.8 Å². The third-order valence-electron chi connectivity index (χ3n) is 2.09. The number of nitrogens with two attached hydrogens (primary N) is 1. The topological polar surface area (TPSA) is 102 Å². The smallest absolute Gasteiger partial charge is 0.306 e. The maximum absolute atomic E-state index is 11.3. The molecule has 0 aromatic rings. The van der Waals surface area contributed by atoms with E-state index in [0.717, 1.165) is 0 Å². The van der Waals surface area contributed by atoms with Gasteiger partial charge in [0, 0.05) is 20.2 Å². The molecule has 0 spiro atoms. The molecule has 0 saturated carbocycles. The van der Waals surface area contributed by atoms with Crippen molar-refractivity contribution in [2.24, 2.45) is 11.7 Å². The van der Waals surface area contributed by atoms with E-state index in [9.17, 15) is 9.59 Å². The van der Waals surface area contributed by atoms with Gasteiger partial charge in [-0.3, -0.25) is 9.59 Å². The molecule has 0 saturated heterocycles. The predicted octanol–water partition coefficient (Wildman–Crippen LogP) is -0.813. The molecule has 0 radical (unpaired) electrons. The standard InChI is InChI=1S/C9H18N2O4/c1-6(9(13)14)3-4-11-8(12)7(5-10)15-2/h6-7H,3-5,10H2,1-2H3,(H,11,12)(H,13,14). The first kappa shape index (κ1) is 13.9. The van der Waals surface area contributed by atoms with Crippen LogP contribution in [-0.2, 0) is 14.3 Å². The molecule has 0 aromatic carbocycles. The van der Waals surface area contributed by atoms with Crippen LogP contribution in [-0.4, -0.2) is 43.3 Å². The number of hydrogen-bond acceptors (Lipinski definition) is 4. The van der Waals surface area contributed by atoms with Gasteiger partial charge in [-0.25, -0.2) is 0 Å². The van der Waals surface area contributed by atoms with Crippen molar-refractivity contribution < 1.29 is 19.4 Å². The van der Waals surface area contributed by atoms with Crippen LogP contribution in [0.1, 0.15) is 13.3 Å². The Bertz CT molecular complexity index is 216. The van der Waals surface area contributed by atoms with Crippen molar-refractivity contribution in [1.82, 2.24) is 5.32 Å². The van der Waals surface area contributed by atoms with Gasteiger partial charge in [-0.15, -0.1) is 0 Å². The van der Waals surface area contributed by atoms with Gasteiger partial charge in [0.05, 0.1) is 5.92 Å². The molecule has 6 nitrogen and oxygen atoms in total. The highest BCUT2D eigenvalue weighted by Crippen LogP contribution is 1.99. The second-order valence-electron chi connectivity index (χ2n) is 3.28. The first-order chi connectivity index (χ1) is 7.02. The Morgan fingerprint density at radius 1 is 1.53 bits per heavy atom. The van der Waals surface area contributed by atoms with Crippen molar-refractivity contribution in [3.05, 3.63) is 0 Å². The third-order valence-corrected chi connectivity index (χ3v) is 2.09. The van der Waals surface area contributed by atoms with Gasteiger partial charge in [0.2, 0.25) is 5.91 Å². The lowest BCUT2D eigenvalue weighted by Crippen LogP contribution is -2.41. The van der Waals surface area contributed by atoms with Crippen LogP contribution < -0.4 is 11.1 Å². The number of carbonyl (C=O) groups is 2. The lowest BCUT2D eigenvalue weighted by molar-refractivity contribution is -0.141. The molecule has 0 aliphatic carbocycles. The second kappa shape index (κ2) is 7.19. The molecule has 6 heteroatoms. The minimum absolute atomic E-state index is 0.108. The number of carbonyl (C=O) groups excluding carboxylic acids is 1. The fourth-order valence-corrected chi connectivity index (χ4v) is 0.959. The fourth-order valence-electron chi connectivity index (χ4n) is 0.959. The molecular formula is C9H18N2O4. The molecule has 0 aliphatic heterocycles. The summed E-state index contributed by atoms with van der Waals surface area (Å²) in [6, 6.07) is 0. The summed E-state index contributed by atoms with van der Waals surface area (Å²) in [6.45, 7) is 2.01. The summed E-state index contributed by atoms with van der Waals surface area (Å²) >= 11 is 0. The first-order valence-corrected chi connectivity index (χ1v) is 4.76. The molecule has 0 rings (SSSR count). The zero-order valence-corrected chi connectivity index (χ0v) is 9.03. The van der Waals surface area contributed by atoms with E-state index in [1.165, 1.54) is 7.11 Å². The van der Waals surface area contributed by atoms with E-state index < -0.39 is 18.0 Å². The summed E-state index contributed by atoms with van der Waals surface area (Å²) in [5, 5.41) is 11.2. The highest BCUT2D eigenvalue weighted by Gasteiger charge is 2.16. The molecule has 88 valence electrons. The van der Waals surface area contributed by atoms with Crippen LogP contribution in [0.4, 0.5) is 0 Å². The van der Waals surface area contributed by atoms with Gasteiger partial charge in [0.25, 0.3) is 0 Å². The maximum atomic E-state index is 11.3. The number of amides is 1. The highest BCUT2D eigenvalue weighted by atomic mass is 16.5. The molecular weight excluding hydrogens is 200 g/mol. The summed E-state index contributed by atoms with van der Waals surface area (Å²) in [5.41, 5.74) is 5.28. The number of carboxylic acids is 1. The van der Waals surface area contributed by atoms with E-state index in [0.29, 0.717) is 13.0 Å². The molecule has 1 amide bonds. The van der Waals surface area contributed by atoms with Gasteiger partial charge < -0.3 is 20.9 Å². The molecule has 0 aliphatic rings. The van der Waals surface area contributed by atoms with Crippen molar-refractivity contribution in [2.75, 3.05) is 20.2 Å². The highest BCUT2D eigenvalue weighted by molar-refractivity contribution is 5.81. The van der Waals surface area contributed by atoms with Gasteiger partial charge in [-0.05, 0) is 6.42 Å². The summed E-state index contributed by atoms with van der Waals surface area (Å²) in [4.78, 5) is 21.8. The molecule has 4 N–H and O–H groups in total. The summed E-state index contributed by atoms with van der Waals surface area (Å²) in [6.07, 6.45) is -0.271. The van der Waals surface area contributed by atoms with Gasteiger partial charge in [0.15, 0.2) is 0 Å². The molecule has 2 atom stereocenters. The SMILES string of the molecule is COC(CN)C(=O)NCCC(C)C(=O)O. The number of rotatable bonds is 7. The number of nitrogens with one attached hydrogen (secondary N) is 1. The Balaban J connectivity index is 3.76. The van der Waals surface area contributed by atoms with E-state index in [2.05, 4.69) is 5.32 Å². The number of ether oxygens (including phenoxy) is 1. The molecule has 2 unspecified atom stereocenters. The largest absolute Gasteiger partial charge is 0.481 e. The van der Waals surface area contributed by atoms with E-state index in [-0.39, 0.29) is 12.5 Å². The Morgan fingerprint density at radius 2 is 2.13 bits per heavy atom. The molecule has 0 fully saturated rings. The third kappa shape index (κ3) is 5.34. The van der Waals surface area contributed by atoms with Gasteiger partial charge in [-0.1, -0.05) is 6.92 Å². The lowest BCUT2D eigenvalue weighted by Gasteiger charge is -2.13. The monoisotopic (exact) mass is 218 g/mol. The summed E-state index contributed by atoms with van der Waals surface area (Å²) in [7, 11) is 1.40. The Morgan fingerprint density at radius 3 is 2.53 bits per heavy atom. The van der Waals surface area contributed by atoms with Crippen LogP contribution in [0.3, 0.4) is 0 Å². The van der Waals surface area contributed by atoms with E-state index in [1.807, 2.05) is 0 Å². The minimum Gasteiger partial charge on any atom is -0.481 e. The quantitative estimate of drug-likeness (QED) is 0.518. The number of carboxylic acid groups (broad SMARTS) is 1. The van der Waals surface area contributed by atoms with Crippen molar-refractivity contribution in [3.63, 3.8) is 0 Å². The van der Waals surface area contributed by atoms with Crippen molar-refractivity contribution >= 4 is 11.9 Å². The average Bonchev–Trinajstić information content (AvgIpc) is 2.19. The fraction of sp³-hybridized carbons (Fsp3) is 0.778. The molecule has 0 bridgehead atoms. The van der Waals surface area contributed by atoms with E-state index in [4.69, 9.17) is 15.6 Å². The van der Waals surface area contributed by atoms with Crippen LogP contribution in [0, 0.1) is 5.92 Å². The van der Waals surface area contributed by atoms with Crippen molar-refractivity contribution in [1.29, 1.82) is 0 Å². The lowest BCUT2D eigenvalue weighted by atomic mass is 10.1. The summed E-state index contributed by atoms with van der Waals surface area (Å²) in [5.74, 6) is -1.65. The molecule has 15 heavy (non-hydrogen) atoms. The Kier molecular flexibility index (Phi) is 6.64. The van der Waals surface area contributed by atoms with Crippen molar-refractivity contribution in [2.45, 2.75) is 19.4 Å². The second-order valence-corrected chi connectivity index (χ2v) is 3.28. The summed E-state index contributed by atoms with van der Waals surface area (Å²) < 4.78 is 4.81. The van der Waals surface area contributed by atoms with Crippen LogP contribution in [0.5, 0.6) is 0 Å². The number of hydrogen-bond donors (Lipinski definition) is 3. The predicted molar refractivity (Wildman–Crippen MR) is 54.3 cm³/mol. The van der Waals surface area contributed by atoms with Crippen LogP contribution >= 0.6 is 0 Å². The average molecular weight is 218 g/mol. The van der Waals surface area contributed by atoms with E-state index >= 15 is 0 Å². The molecule has 0 heterocycles. The zero-order valence-electron chi connectivity index (χ0n) is 9.03. The zero-order chi connectivity index (χ0) is 11.8. The maximum Gasteiger partial charge on any atom is 0.306 e. The van der Waals surface area contributed by atoms with Gasteiger partial charge >= 0.3 is 5.97 Å².